The van der Waals surface area contributed by atoms with E-state index in [0.29, 0.717) is 71.2 Å². The van der Waals surface area contributed by atoms with E-state index in [9.17, 15) is 24.0 Å². The second-order valence-corrected chi connectivity index (χ2v) is 24.1. The largest absolute Gasteiger partial charge is 0.444 e. The molecule has 0 aromatic carbocycles. The van der Waals surface area contributed by atoms with Gasteiger partial charge in [0, 0.05) is 120 Å². The van der Waals surface area contributed by atoms with Crippen LogP contribution in [0.4, 0.5) is 28.3 Å². The number of fused-ring (bicyclic) bond motifs is 6. The number of aromatic nitrogens is 8. The maximum atomic E-state index is 13.5. The molecule has 6 aromatic heterocycles. The van der Waals surface area contributed by atoms with Gasteiger partial charge < -0.3 is 54.3 Å². The molecule has 6 fully saturated rings. The number of pyridine rings is 2. The van der Waals surface area contributed by atoms with Crippen molar-refractivity contribution in [1.29, 1.82) is 0 Å². The lowest BCUT2D eigenvalue weighted by molar-refractivity contribution is 0.0151. The summed E-state index contributed by atoms with van der Waals surface area (Å²) in [4.78, 5) is 102. The smallest absolute Gasteiger partial charge is 0.410 e. The zero-order valence-electron chi connectivity index (χ0n) is 47.7. The first-order valence-electron chi connectivity index (χ1n) is 29.0. The van der Waals surface area contributed by atoms with Gasteiger partial charge in [0.2, 0.25) is 11.9 Å². The summed E-state index contributed by atoms with van der Waals surface area (Å²) >= 11 is 0. The Bertz CT molecular complexity index is 3300. The molecule has 4 unspecified atom stereocenters. The number of hydrogen-bond donors (Lipinski definition) is 3. The minimum absolute atomic E-state index is 0.0264. The van der Waals surface area contributed by atoms with Gasteiger partial charge in [0.1, 0.15) is 39.9 Å². The molecule has 3 N–H and O–H groups in total. The molecule has 6 aromatic rings. The minimum Gasteiger partial charge on any atom is -0.444 e. The molecule has 4 aliphatic heterocycles. The number of likely N-dealkylation sites (tertiary alicyclic amines) is 2. The van der Waals surface area contributed by atoms with Crippen LogP contribution in [0, 0.1) is 0 Å². The van der Waals surface area contributed by atoms with E-state index in [1.807, 2.05) is 53.7 Å². The van der Waals surface area contributed by atoms with Crippen LogP contribution in [0.15, 0.2) is 61.2 Å². The normalized spacial score (nSPS) is 21.1. The SMILES string of the molecule is CN(C)C(=O)c1cc2cnc(Nc3ccc(C(=O)N4CCC5CCC(C4)N5)cn3)nc2n1C1CCCC1.CN(C)C(=O)c1cc2cnc(Nc3ccc(C(=O)N4CCC5CCC(C4)N5C(=O)OC(C)(C)C)cn3)nc2n1C1CCCC1. The molecule has 22 heteroatoms. The highest BCUT2D eigenvalue weighted by Gasteiger charge is 2.43. The topological polar surface area (TPSA) is 234 Å². The summed E-state index contributed by atoms with van der Waals surface area (Å²) in [5, 5.41) is 11.6. The Morgan fingerprint density at radius 2 is 1.04 bits per heavy atom. The van der Waals surface area contributed by atoms with E-state index in [4.69, 9.17) is 14.7 Å². The molecule has 81 heavy (non-hydrogen) atoms. The van der Waals surface area contributed by atoms with Gasteiger partial charge in [0.25, 0.3) is 23.6 Å². The molecule has 10 heterocycles. The molecule has 428 valence electrons. The fourth-order valence-corrected chi connectivity index (χ4v) is 12.8. The van der Waals surface area contributed by atoms with E-state index in [0.717, 1.165) is 119 Å². The van der Waals surface area contributed by atoms with Gasteiger partial charge >= 0.3 is 6.09 Å². The Morgan fingerprint density at radius 1 is 0.556 bits per heavy atom. The third-order valence-electron chi connectivity index (χ3n) is 16.8. The maximum Gasteiger partial charge on any atom is 0.410 e. The second-order valence-electron chi connectivity index (χ2n) is 24.1. The minimum atomic E-state index is -0.565. The molecule has 0 spiro atoms. The molecule has 22 nitrogen and oxygen atoms in total. The first kappa shape index (κ1) is 55.2. The third-order valence-corrected chi connectivity index (χ3v) is 16.8. The monoisotopic (exact) mass is 1100 g/mol. The molecule has 5 amide bonds. The second kappa shape index (κ2) is 23.0. The lowest BCUT2D eigenvalue weighted by Gasteiger charge is -2.31. The van der Waals surface area contributed by atoms with Crippen molar-refractivity contribution in [1.82, 2.24) is 68.9 Å². The summed E-state index contributed by atoms with van der Waals surface area (Å²) in [5.41, 5.74) is 3.26. The summed E-state index contributed by atoms with van der Waals surface area (Å²) in [6.07, 6.45) is 20.9. The predicted molar refractivity (Wildman–Crippen MR) is 307 cm³/mol. The van der Waals surface area contributed by atoms with E-state index < -0.39 is 5.60 Å². The quantitative estimate of drug-likeness (QED) is 0.117. The number of hydrogen-bond acceptors (Lipinski definition) is 15. The molecule has 0 radical (unpaired) electrons. The summed E-state index contributed by atoms with van der Waals surface area (Å²) in [6.45, 7) is 8.19. The Hall–Kier alpha value is -7.75. The summed E-state index contributed by atoms with van der Waals surface area (Å²) in [5.74, 6) is 1.69. The van der Waals surface area contributed by atoms with E-state index in [1.54, 1.807) is 81.0 Å². The van der Waals surface area contributed by atoms with Crippen molar-refractivity contribution in [3.63, 3.8) is 0 Å². The van der Waals surface area contributed by atoms with Gasteiger partial charge in [0.05, 0.1) is 17.2 Å². The van der Waals surface area contributed by atoms with E-state index in [2.05, 4.69) is 45.0 Å². The van der Waals surface area contributed by atoms with Gasteiger partial charge in [-0.2, -0.15) is 9.97 Å². The Morgan fingerprint density at radius 3 is 1.52 bits per heavy atom. The fraction of sp³-hybridized carbons (Fsp3) is 0.542. The van der Waals surface area contributed by atoms with Gasteiger partial charge in [-0.3, -0.25) is 19.2 Å². The lowest BCUT2D eigenvalue weighted by atomic mass is 10.1. The average Bonchev–Trinajstić information content (AvgIpc) is 4.50. The van der Waals surface area contributed by atoms with E-state index in [1.165, 1.54) is 6.42 Å². The lowest BCUT2D eigenvalue weighted by Crippen LogP contribution is -2.46. The number of carbonyl (C=O) groups excluding carboxylic acids is 5. The summed E-state index contributed by atoms with van der Waals surface area (Å²) < 4.78 is 9.84. The van der Waals surface area contributed by atoms with Gasteiger partial charge in [-0.05, 0) is 121 Å². The summed E-state index contributed by atoms with van der Waals surface area (Å²) in [7, 11) is 7.05. The van der Waals surface area contributed by atoms with Crippen LogP contribution >= 0.6 is 0 Å². The van der Waals surface area contributed by atoms with Gasteiger partial charge in [-0.15, -0.1) is 0 Å². The molecule has 6 aliphatic rings. The van der Waals surface area contributed by atoms with Crippen LogP contribution in [0.3, 0.4) is 0 Å². The number of amides is 5. The van der Waals surface area contributed by atoms with E-state index in [-0.39, 0.29) is 53.9 Å². The van der Waals surface area contributed by atoms with Crippen molar-refractivity contribution >= 4 is 75.3 Å². The highest BCUT2D eigenvalue weighted by atomic mass is 16.6. The van der Waals surface area contributed by atoms with Gasteiger partial charge in [0.15, 0.2) is 0 Å². The number of ether oxygens (including phenoxy) is 1. The van der Waals surface area contributed by atoms with Crippen LogP contribution in [0.2, 0.25) is 0 Å². The number of rotatable bonds is 10. The summed E-state index contributed by atoms with van der Waals surface area (Å²) in [6, 6.07) is 12.3. The van der Waals surface area contributed by atoms with Crippen molar-refractivity contribution in [3.8, 4) is 0 Å². The third kappa shape index (κ3) is 11.9. The van der Waals surface area contributed by atoms with E-state index >= 15 is 0 Å². The molecular weight excluding hydrogens is 1030 g/mol. The molecular formula is C59H76N16O6. The number of nitrogens with one attached hydrogen (secondary N) is 3. The average molecular weight is 1110 g/mol. The molecule has 4 atom stereocenters. The molecule has 2 saturated carbocycles. The van der Waals surface area contributed by atoms with Crippen LogP contribution < -0.4 is 16.0 Å². The van der Waals surface area contributed by atoms with Crippen LogP contribution in [0.1, 0.15) is 164 Å². The molecule has 12 rings (SSSR count). The zero-order chi connectivity index (χ0) is 56.7. The van der Waals surface area contributed by atoms with Gasteiger partial charge in [-0.1, -0.05) is 25.7 Å². The van der Waals surface area contributed by atoms with Crippen molar-refractivity contribution < 1.29 is 28.7 Å². The first-order chi connectivity index (χ1) is 38.9. The predicted octanol–water partition coefficient (Wildman–Crippen LogP) is 8.35. The highest BCUT2D eigenvalue weighted by molar-refractivity contribution is 5.99. The zero-order valence-corrected chi connectivity index (χ0v) is 47.7. The number of nitrogens with zero attached hydrogens (tertiary/aromatic N) is 13. The van der Waals surface area contributed by atoms with Crippen LogP contribution in [0.25, 0.3) is 22.1 Å². The Kier molecular flexibility index (Phi) is 15.7. The molecule has 4 bridgehead atoms. The highest BCUT2D eigenvalue weighted by Crippen LogP contribution is 2.37. The van der Waals surface area contributed by atoms with Crippen molar-refractivity contribution in [2.75, 3.05) is 65.0 Å². The van der Waals surface area contributed by atoms with Crippen molar-refractivity contribution in [2.24, 2.45) is 0 Å². The molecule has 4 saturated heterocycles. The van der Waals surface area contributed by atoms with Crippen LogP contribution in [-0.2, 0) is 4.74 Å². The Labute approximate surface area is 472 Å². The van der Waals surface area contributed by atoms with Gasteiger partial charge in [-0.25, -0.2) is 24.7 Å². The van der Waals surface area contributed by atoms with Crippen molar-refractivity contribution in [2.45, 2.75) is 153 Å². The first-order valence-corrected chi connectivity index (χ1v) is 29.0. The fourth-order valence-electron chi connectivity index (χ4n) is 12.8. The van der Waals surface area contributed by atoms with Crippen LogP contribution in [0.5, 0.6) is 0 Å². The molecule has 2 aliphatic carbocycles. The van der Waals surface area contributed by atoms with Crippen LogP contribution in [-0.4, -0.2) is 177 Å². The van der Waals surface area contributed by atoms with Crippen molar-refractivity contribution in [3.05, 3.63) is 83.7 Å². The number of carbonyl (C=O) groups is 5. The standard InChI is InChI=1S/C32H42N8O4.C27H34N8O2/c1-32(2,3)44-31(43)39-23-11-12-24(39)19-38(15-14-23)28(41)20-10-13-26(33-17-20)35-30-34-18-21-16-25(29(42)37(4)5)40(27(21)36-30)22-8-6-7-9-22;1-33(2)26(37)22-13-18-15-29-27(32-24(18)35(22)21-5-3-4-6-21)31-23-10-7-17(14-28-23)25(36)34-12-11-19-8-9-20(16-34)30-19/h10,13,16-18,22-24H,6-9,11-12,14-15,19H2,1-5H3,(H,33,34,35,36);7,10,13-15,19-21,30H,3-6,8-9,11-12,16H2,1-2H3,(H,28,29,31,32). The number of anilines is 4. The Balaban J connectivity index is 0.000000173. The maximum absolute atomic E-state index is 13.5.